The second kappa shape index (κ2) is 6.17. The molecule has 0 bridgehead atoms. The van der Waals surface area contributed by atoms with Gasteiger partial charge in [0, 0.05) is 0 Å². The number of aliphatic hydroxyl groups is 1. The summed E-state index contributed by atoms with van der Waals surface area (Å²) in [4.78, 5) is 11.5. The van der Waals surface area contributed by atoms with E-state index in [1.807, 2.05) is 6.07 Å². The molecular formula is C15H21NO3. The van der Waals surface area contributed by atoms with Gasteiger partial charge in [-0.2, -0.15) is 0 Å². The van der Waals surface area contributed by atoms with E-state index in [2.05, 4.69) is 4.74 Å². The second-order valence-corrected chi connectivity index (χ2v) is 5.18. The number of ether oxygens (including phenoxy) is 1. The van der Waals surface area contributed by atoms with E-state index in [1.165, 1.54) is 7.11 Å². The fourth-order valence-electron chi connectivity index (χ4n) is 2.78. The molecule has 3 N–H and O–H groups in total. The molecule has 104 valence electrons. The molecule has 4 nitrogen and oxygen atoms in total. The Labute approximate surface area is 113 Å². The first-order valence-corrected chi connectivity index (χ1v) is 6.75. The third-order valence-corrected chi connectivity index (χ3v) is 3.94. The molecule has 2 rings (SSSR count). The van der Waals surface area contributed by atoms with Gasteiger partial charge in [0.2, 0.25) is 0 Å². The van der Waals surface area contributed by atoms with E-state index in [9.17, 15) is 9.90 Å². The van der Waals surface area contributed by atoms with Crippen molar-refractivity contribution < 1.29 is 14.6 Å². The van der Waals surface area contributed by atoms with Crippen LogP contribution in [0.4, 0.5) is 0 Å². The van der Waals surface area contributed by atoms with Crippen LogP contribution in [0.1, 0.15) is 47.6 Å². The lowest BCUT2D eigenvalue weighted by molar-refractivity contribution is 0.0599. The van der Waals surface area contributed by atoms with Crippen LogP contribution in [0.3, 0.4) is 0 Å². The summed E-state index contributed by atoms with van der Waals surface area (Å²) in [5, 5.41) is 10.3. The van der Waals surface area contributed by atoms with Gasteiger partial charge in [-0.3, -0.25) is 0 Å². The monoisotopic (exact) mass is 263 g/mol. The summed E-state index contributed by atoms with van der Waals surface area (Å²) in [7, 11) is 1.35. The van der Waals surface area contributed by atoms with Crippen molar-refractivity contribution in [1.29, 1.82) is 0 Å². The quantitative estimate of drug-likeness (QED) is 0.815. The van der Waals surface area contributed by atoms with Gasteiger partial charge in [0.15, 0.2) is 0 Å². The van der Waals surface area contributed by atoms with Crippen LogP contribution in [-0.4, -0.2) is 24.3 Å². The first-order valence-electron chi connectivity index (χ1n) is 6.75. The molecular weight excluding hydrogens is 242 g/mol. The number of hydrogen-bond acceptors (Lipinski definition) is 4. The molecule has 1 aliphatic carbocycles. The zero-order chi connectivity index (χ0) is 13.8. The highest BCUT2D eigenvalue weighted by Crippen LogP contribution is 2.32. The van der Waals surface area contributed by atoms with Crippen molar-refractivity contribution in [2.75, 3.05) is 7.11 Å². The molecule has 0 amide bonds. The van der Waals surface area contributed by atoms with Gasteiger partial charge in [0.25, 0.3) is 0 Å². The van der Waals surface area contributed by atoms with Gasteiger partial charge in [-0.15, -0.1) is 0 Å². The predicted octanol–water partition coefficient (Wildman–Crippen LogP) is 2.02. The van der Waals surface area contributed by atoms with Crippen molar-refractivity contribution in [2.45, 2.75) is 37.8 Å². The fraction of sp³-hybridized carbons (Fsp3) is 0.533. The van der Waals surface area contributed by atoms with Gasteiger partial charge in [-0.25, -0.2) is 4.79 Å². The topological polar surface area (TPSA) is 72.5 Å². The molecule has 0 aromatic heterocycles. The van der Waals surface area contributed by atoms with Crippen molar-refractivity contribution >= 4 is 5.97 Å². The number of carbonyl (C=O) groups excluding carboxylic acids is 1. The third kappa shape index (κ3) is 3.14. The molecule has 1 fully saturated rings. The largest absolute Gasteiger partial charge is 0.465 e. The Kier molecular flexibility index (Phi) is 4.56. The van der Waals surface area contributed by atoms with Gasteiger partial charge < -0.3 is 15.6 Å². The molecule has 0 aliphatic heterocycles. The van der Waals surface area contributed by atoms with Crippen molar-refractivity contribution in [2.24, 2.45) is 11.7 Å². The lowest BCUT2D eigenvalue weighted by Gasteiger charge is -2.24. The number of aliphatic hydroxyl groups excluding tert-OH is 1. The minimum absolute atomic E-state index is 0.275. The molecule has 1 aromatic rings. The van der Waals surface area contributed by atoms with Crippen LogP contribution in [0.25, 0.3) is 0 Å². The first-order chi connectivity index (χ1) is 9.13. The standard InChI is InChI=1S/C15H21NO3/c1-19-15(18)12-8-4-7-11(9-12)13(16)14(17)10-5-2-3-6-10/h4,7-10,13-14,17H,2-3,5-6,16H2,1H3/t13-,14+/m1/s1. The van der Waals surface area contributed by atoms with Crippen LogP contribution < -0.4 is 5.73 Å². The molecule has 0 heterocycles. The van der Waals surface area contributed by atoms with E-state index in [4.69, 9.17) is 5.73 Å². The lowest BCUT2D eigenvalue weighted by atomic mass is 9.90. The molecule has 1 aromatic carbocycles. The van der Waals surface area contributed by atoms with Crippen LogP contribution in [0.15, 0.2) is 24.3 Å². The van der Waals surface area contributed by atoms with Gasteiger partial charge in [-0.1, -0.05) is 25.0 Å². The Hall–Kier alpha value is -1.39. The van der Waals surface area contributed by atoms with Gasteiger partial charge in [0.1, 0.15) is 0 Å². The van der Waals surface area contributed by atoms with Crippen LogP contribution in [0.2, 0.25) is 0 Å². The first kappa shape index (κ1) is 14.0. The molecule has 1 aliphatic rings. The van der Waals surface area contributed by atoms with E-state index in [0.29, 0.717) is 5.56 Å². The van der Waals surface area contributed by atoms with Crippen LogP contribution in [0, 0.1) is 5.92 Å². The summed E-state index contributed by atoms with van der Waals surface area (Å²) < 4.78 is 4.69. The zero-order valence-corrected chi connectivity index (χ0v) is 11.2. The number of methoxy groups -OCH3 is 1. The van der Waals surface area contributed by atoms with E-state index in [0.717, 1.165) is 31.2 Å². The Bertz CT molecular complexity index is 441. The molecule has 0 unspecified atom stereocenters. The normalized spacial score (nSPS) is 19.1. The molecule has 0 spiro atoms. The summed E-state index contributed by atoms with van der Waals surface area (Å²) in [6, 6.07) is 6.55. The average molecular weight is 263 g/mol. The maximum absolute atomic E-state index is 11.5. The average Bonchev–Trinajstić information content (AvgIpc) is 2.99. The van der Waals surface area contributed by atoms with Gasteiger partial charge in [-0.05, 0) is 36.5 Å². The number of esters is 1. The Balaban J connectivity index is 2.13. The highest BCUT2D eigenvalue weighted by atomic mass is 16.5. The minimum atomic E-state index is -0.546. The summed E-state index contributed by atoms with van der Waals surface area (Å²) in [6.07, 6.45) is 3.85. The van der Waals surface area contributed by atoms with Crippen molar-refractivity contribution in [1.82, 2.24) is 0 Å². The zero-order valence-electron chi connectivity index (χ0n) is 11.2. The summed E-state index contributed by atoms with van der Waals surface area (Å²) in [6.45, 7) is 0. The Morgan fingerprint density at radius 2 is 2.11 bits per heavy atom. The fourth-order valence-corrected chi connectivity index (χ4v) is 2.78. The smallest absolute Gasteiger partial charge is 0.337 e. The maximum atomic E-state index is 11.5. The van der Waals surface area contributed by atoms with E-state index >= 15 is 0 Å². The van der Waals surface area contributed by atoms with E-state index in [-0.39, 0.29) is 11.9 Å². The lowest BCUT2D eigenvalue weighted by Crippen LogP contribution is -2.32. The van der Waals surface area contributed by atoms with Crippen molar-refractivity contribution in [3.05, 3.63) is 35.4 Å². The number of rotatable bonds is 4. The number of nitrogens with two attached hydrogens (primary N) is 1. The highest BCUT2D eigenvalue weighted by Gasteiger charge is 2.28. The molecule has 1 saturated carbocycles. The maximum Gasteiger partial charge on any atom is 0.337 e. The molecule has 0 saturated heterocycles. The minimum Gasteiger partial charge on any atom is -0.465 e. The number of hydrogen-bond donors (Lipinski definition) is 2. The Morgan fingerprint density at radius 1 is 1.42 bits per heavy atom. The van der Waals surface area contributed by atoms with Crippen molar-refractivity contribution in [3.8, 4) is 0 Å². The van der Waals surface area contributed by atoms with Gasteiger partial charge >= 0.3 is 5.97 Å². The van der Waals surface area contributed by atoms with E-state index < -0.39 is 12.1 Å². The highest BCUT2D eigenvalue weighted by molar-refractivity contribution is 5.89. The van der Waals surface area contributed by atoms with Gasteiger partial charge in [0.05, 0.1) is 24.8 Å². The van der Waals surface area contributed by atoms with Crippen LogP contribution >= 0.6 is 0 Å². The van der Waals surface area contributed by atoms with Crippen molar-refractivity contribution in [3.63, 3.8) is 0 Å². The molecule has 2 atom stereocenters. The molecule has 19 heavy (non-hydrogen) atoms. The van der Waals surface area contributed by atoms with Crippen LogP contribution in [0.5, 0.6) is 0 Å². The molecule has 4 heteroatoms. The predicted molar refractivity (Wildman–Crippen MR) is 72.7 cm³/mol. The third-order valence-electron chi connectivity index (χ3n) is 3.94. The SMILES string of the molecule is COC(=O)c1cccc([C@@H](N)[C@@H](O)C2CCCC2)c1. The summed E-state index contributed by atoms with van der Waals surface area (Å²) in [5.74, 6) is -0.110. The van der Waals surface area contributed by atoms with Crippen LogP contribution in [-0.2, 0) is 4.74 Å². The molecule has 0 radical (unpaired) electrons. The summed E-state index contributed by atoms with van der Waals surface area (Å²) >= 11 is 0. The number of carbonyl (C=O) groups is 1. The second-order valence-electron chi connectivity index (χ2n) is 5.18. The summed E-state index contributed by atoms with van der Waals surface area (Å²) in [5.41, 5.74) is 7.37. The Morgan fingerprint density at radius 3 is 2.74 bits per heavy atom. The van der Waals surface area contributed by atoms with E-state index in [1.54, 1.807) is 18.2 Å². The number of benzene rings is 1.